The topological polar surface area (TPSA) is 174 Å². The van der Waals surface area contributed by atoms with Gasteiger partial charge in [-0.3, -0.25) is 14.9 Å². The van der Waals surface area contributed by atoms with E-state index in [0.717, 1.165) is 16.8 Å². The number of carbonyl (C=O) groups is 1. The third-order valence-corrected chi connectivity index (χ3v) is 6.85. The molecule has 0 aliphatic carbocycles. The van der Waals surface area contributed by atoms with Crippen molar-refractivity contribution in [1.82, 2.24) is 46.3 Å². The first-order valence-electron chi connectivity index (χ1n) is 12.3. The molecular weight excluding hydrogens is 500 g/mol. The minimum atomic E-state index is -0.527. The molecule has 4 aromatic rings. The van der Waals surface area contributed by atoms with Crippen LogP contribution in [0.3, 0.4) is 0 Å². The van der Waals surface area contributed by atoms with Crippen LogP contribution in [-0.2, 0) is 5.54 Å². The summed E-state index contributed by atoms with van der Waals surface area (Å²) in [6, 6.07) is 13.4. The van der Waals surface area contributed by atoms with Crippen molar-refractivity contribution in [2.75, 3.05) is 18.4 Å². The number of hydrazone groups is 1. The molecule has 196 valence electrons. The summed E-state index contributed by atoms with van der Waals surface area (Å²) in [5.41, 5.74) is 10.9. The van der Waals surface area contributed by atoms with Crippen molar-refractivity contribution >= 4 is 23.4 Å². The number of benzene rings is 1. The summed E-state index contributed by atoms with van der Waals surface area (Å²) in [7, 11) is 0. The van der Waals surface area contributed by atoms with Crippen LogP contribution >= 0.6 is 0 Å². The van der Waals surface area contributed by atoms with E-state index in [1.807, 2.05) is 41.2 Å². The van der Waals surface area contributed by atoms with Crippen molar-refractivity contribution in [1.29, 1.82) is 5.26 Å². The van der Waals surface area contributed by atoms with E-state index in [1.165, 1.54) is 6.20 Å². The molecule has 0 saturated carbocycles. The number of anilines is 2. The zero-order valence-electron chi connectivity index (χ0n) is 20.7. The Morgan fingerprint density at radius 2 is 2.08 bits per heavy atom. The summed E-state index contributed by atoms with van der Waals surface area (Å²) >= 11 is 0. The molecule has 2 aliphatic heterocycles. The van der Waals surface area contributed by atoms with E-state index < -0.39 is 5.54 Å². The van der Waals surface area contributed by atoms with Crippen molar-refractivity contribution in [2.24, 2.45) is 5.10 Å². The average molecular weight is 525 g/mol. The highest BCUT2D eigenvalue weighted by molar-refractivity contribution is 5.99. The van der Waals surface area contributed by atoms with Crippen LogP contribution < -0.4 is 21.8 Å². The van der Waals surface area contributed by atoms with Crippen LogP contribution in [-0.4, -0.2) is 54.6 Å². The number of hydrazine groups is 2. The number of nitrogens with one attached hydrogen (secondary N) is 4. The first-order valence-corrected chi connectivity index (χ1v) is 12.3. The molecule has 0 unspecified atom stereocenters. The van der Waals surface area contributed by atoms with Gasteiger partial charge in [-0.1, -0.05) is 17.3 Å². The molecule has 0 bridgehead atoms. The molecule has 14 heteroatoms. The maximum absolute atomic E-state index is 12.7. The predicted octanol–water partition coefficient (Wildman–Crippen LogP) is 1.89. The lowest BCUT2D eigenvalue weighted by Crippen LogP contribution is -2.48. The van der Waals surface area contributed by atoms with Gasteiger partial charge in [0.1, 0.15) is 0 Å². The van der Waals surface area contributed by atoms with Gasteiger partial charge in [0, 0.05) is 48.4 Å². The number of hydrogen-bond donors (Lipinski definition) is 4. The minimum absolute atomic E-state index is 0.202. The quantitative estimate of drug-likeness (QED) is 0.278. The fourth-order valence-corrected chi connectivity index (χ4v) is 4.75. The normalized spacial score (nSPS) is 16.1. The second-order valence-electron chi connectivity index (χ2n) is 9.20. The number of piperidine rings is 1. The number of hydrogen-bond acceptors (Lipinski definition) is 12. The molecule has 6 rings (SSSR count). The summed E-state index contributed by atoms with van der Waals surface area (Å²) < 4.78 is 6.86. The van der Waals surface area contributed by atoms with E-state index in [4.69, 9.17) is 4.52 Å². The van der Waals surface area contributed by atoms with Crippen molar-refractivity contribution in [3.63, 3.8) is 0 Å². The first-order chi connectivity index (χ1) is 19.1. The van der Waals surface area contributed by atoms with Crippen LogP contribution in [0.15, 0.2) is 70.8 Å². The highest BCUT2D eigenvalue weighted by Crippen LogP contribution is 2.35. The van der Waals surface area contributed by atoms with E-state index >= 15 is 0 Å². The van der Waals surface area contributed by atoms with E-state index in [2.05, 4.69) is 53.2 Å². The van der Waals surface area contributed by atoms with E-state index in [0.29, 0.717) is 43.4 Å². The summed E-state index contributed by atoms with van der Waals surface area (Å²) in [5.74, 6) is 1.11. The number of rotatable bonds is 7. The highest BCUT2D eigenvalue weighted by atomic mass is 16.5. The SMILES string of the molecule is N#CCC1(n2cc(-c3ccnc(Nc4cccc(C5=NNNN5)c4)n3)cn2)CCN(C(=O)c2ccno2)CC1. The Bertz CT molecular complexity index is 1550. The van der Waals surface area contributed by atoms with Gasteiger partial charge in [0.25, 0.3) is 5.91 Å². The number of likely N-dealkylation sites (tertiary alicyclic amines) is 1. The zero-order valence-corrected chi connectivity index (χ0v) is 20.7. The molecule has 0 radical (unpaired) electrons. The smallest absolute Gasteiger partial charge is 0.292 e. The molecule has 5 heterocycles. The van der Waals surface area contributed by atoms with E-state index in [9.17, 15) is 10.1 Å². The molecule has 3 aromatic heterocycles. The number of nitrogens with zero attached hydrogens (tertiary/aromatic N) is 8. The molecule has 0 atom stereocenters. The molecule has 1 amide bonds. The van der Waals surface area contributed by atoms with Gasteiger partial charge in [0.05, 0.1) is 36.1 Å². The lowest BCUT2D eigenvalue weighted by molar-refractivity contribution is 0.0541. The van der Waals surface area contributed by atoms with Crippen LogP contribution in [0.4, 0.5) is 11.6 Å². The fourth-order valence-electron chi connectivity index (χ4n) is 4.75. The lowest BCUT2D eigenvalue weighted by Gasteiger charge is -2.40. The van der Waals surface area contributed by atoms with Gasteiger partial charge in [-0.25, -0.2) is 15.5 Å². The minimum Gasteiger partial charge on any atom is -0.351 e. The van der Waals surface area contributed by atoms with Gasteiger partial charge < -0.3 is 14.7 Å². The molecule has 39 heavy (non-hydrogen) atoms. The summed E-state index contributed by atoms with van der Waals surface area (Å²) in [5, 5.41) is 25.2. The van der Waals surface area contributed by atoms with Crippen LogP contribution in [0.1, 0.15) is 35.4 Å². The van der Waals surface area contributed by atoms with Crippen LogP contribution in [0.25, 0.3) is 11.3 Å². The second kappa shape index (κ2) is 10.2. The van der Waals surface area contributed by atoms with Crippen molar-refractivity contribution in [2.45, 2.75) is 24.8 Å². The summed E-state index contributed by atoms with van der Waals surface area (Å²) in [6.45, 7) is 0.955. The van der Waals surface area contributed by atoms with Crippen molar-refractivity contribution < 1.29 is 9.32 Å². The largest absolute Gasteiger partial charge is 0.351 e. The monoisotopic (exact) mass is 524 g/mol. The van der Waals surface area contributed by atoms with Gasteiger partial charge in [-0.15, -0.1) is 10.6 Å². The number of aromatic nitrogens is 5. The molecule has 14 nitrogen and oxygen atoms in total. The average Bonchev–Trinajstić information content (AvgIpc) is 3.77. The Balaban J connectivity index is 1.18. The Kier molecular flexibility index (Phi) is 6.31. The number of amides is 1. The lowest BCUT2D eigenvalue weighted by atomic mass is 9.85. The fraction of sp³-hybridized carbons (Fsp3) is 0.240. The second-order valence-corrected chi connectivity index (χ2v) is 9.20. The molecular formula is C25H24N12O2. The third-order valence-electron chi connectivity index (χ3n) is 6.85. The maximum atomic E-state index is 12.7. The number of amidine groups is 1. The van der Waals surface area contributed by atoms with Crippen molar-refractivity contribution in [3.05, 3.63) is 72.5 Å². The standard InChI is InChI=1S/C25H24N12O2/c26-9-6-25(7-12-36(13-8-25)23(38)21-5-11-29-39-21)37-16-18(15-28-37)20-4-10-27-24(31-20)30-19-3-1-2-17(14-19)22-32-34-35-33-22/h1-5,10-11,14-16,34-35H,6-8,12-13H2,(H,32,33)(H,27,30,31). The van der Waals surface area contributed by atoms with Crippen LogP contribution in [0.5, 0.6) is 0 Å². The Morgan fingerprint density at radius 3 is 2.85 bits per heavy atom. The van der Waals surface area contributed by atoms with Gasteiger partial charge in [0.2, 0.25) is 11.7 Å². The van der Waals surface area contributed by atoms with Crippen LogP contribution in [0, 0.1) is 11.3 Å². The van der Waals surface area contributed by atoms with E-state index in [1.54, 1.807) is 23.4 Å². The maximum Gasteiger partial charge on any atom is 0.292 e. The Hall–Kier alpha value is -5.29. The van der Waals surface area contributed by atoms with Crippen LogP contribution in [0.2, 0.25) is 0 Å². The molecule has 1 saturated heterocycles. The molecule has 4 N–H and O–H groups in total. The molecule has 0 spiro atoms. The summed E-state index contributed by atoms with van der Waals surface area (Å²) in [4.78, 5) is 23.4. The summed E-state index contributed by atoms with van der Waals surface area (Å²) in [6.07, 6.45) is 8.22. The van der Waals surface area contributed by atoms with Gasteiger partial charge >= 0.3 is 0 Å². The Labute approximate surface area is 222 Å². The van der Waals surface area contributed by atoms with Crippen molar-refractivity contribution in [3.8, 4) is 17.3 Å². The Morgan fingerprint density at radius 1 is 1.18 bits per heavy atom. The number of carbonyl (C=O) groups excluding carboxylic acids is 1. The first kappa shape index (κ1) is 24.1. The van der Waals surface area contributed by atoms with E-state index in [-0.39, 0.29) is 18.1 Å². The number of nitriles is 1. The van der Waals surface area contributed by atoms with Gasteiger partial charge in [-0.05, 0) is 31.0 Å². The van der Waals surface area contributed by atoms with Gasteiger partial charge in [-0.2, -0.15) is 10.4 Å². The molecule has 1 fully saturated rings. The highest BCUT2D eigenvalue weighted by Gasteiger charge is 2.39. The zero-order chi connectivity index (χ0) is 26.7. The predicted molar refractivity (Wildman–Crippen MR) is 139 cm³/mol. The van der Waals surface area contributed by atoms with Gasteiger partial charge in [0.15, 0.2) is 5.84 Å². The third kappa shape index (κ3) is 4.86. The molecule has 1 aromatic carbocycles. The molecule has 2 aliphatic rings.